The van der Waals surface area contributed by atoms with Crippen molar-refractivity contribution in [3.8, 4) is 0 Å². The van der Waals surface area contributed by atoms with E-state index in [2.05, 4.69) is 14.8 Å². The molecule has 1 saturated heterocycles. The van der Waals surface area contributed by atoms with Gasteiger partial charge in [0.1, 0.15) is 0 Å². The molecule has 0 saturated carbocycles. The number of hydrogen-bond acceptors (Lipinski definition) is 4. The Balaban J connectivity index is 1.55. The van der Waals surface area contributed by atoms with Crippen LogP contribution in [0.4, 0.5) is 5.69 Å². The van der Waals surface area contributed by atoms with Crippen LogP contribution in [-0.4, -0.2) is 48.5 Å². The van der Waals surface area contributed by atoms with E-state index in [9.17, 15) is 4.79 Å². The highest BCUT2D eigenvalue weighted by Crippen LogP contribution is 2.23. The normalized spacial score (nSPS) is 15.4. The van der Waals surface area contributed by atoms with Gasteiger partial charge in [0, 0.05) is 45.1 Å². The first-order valence-corrected chi connectivity index (χ1v) is 8.95. The summed E-state index contributed by atoms with van der Waals surface area (Å²) in [5.74, 6) is -0.440. The second kappa shape index (κ2) is 8.04. The number of hydrogen-bond donors (Lipinski definition) is 1. The number of nitrogens with two attached hydrogens (primary N) is 1. The third-order valence-electron chi connectivity index (χ3n) is 4.48. The van der Waals surface area contributed by atoms with E-state index in [-0.39, 0.29) is 0 Å². The number of aromatic nitrogens is 1. The fourth-order valence-corrected chi connectivity index (χ4v) is 3.37. The van der Waals surface area contributed by atoms with Crippen LogP contribution in [0.1, 0.15) is 15.9 Å². The van der Waals surface area contributed by atoms with Crippen LogP contribution in [-0.2, 0) is 6.42 Å². The third kappa shape index (κ3) is 4.42. The van der Waals surface area contributed by atoms with Gasteiger partial charge < -0.3 is 10.6 Å². The topological polar surface area (TPSA) is 62.5 Å². The summed E-state index contributed by atoms with van der Waals surface area (Å²) in [5, 5.41) is 1.18. The number of primary amides is 1. The molecule has 5 nitrogen and oxygen atoms in total. The zero-order chi connectivity index (χ0) is 17.8. The highest BCUT2D eigenvalue weighted by molar-refractivity contribution is 6.42. The fourth-order valence-electron chi connectivity index (χ4n) is 3.05. The quantitative estimate of drug-likeness (QED) is 0.868. The van der Waals surface area contributed by atoms with Gasteiger partial charge in [-0.05, 0) is 30.2 Å². The first kappa shape index (κ1) is 18.0. The molecule has 0 aliphatic carbocycles. The number of carbonyl (C=O) groups is 1. The van der Waals surface area contributed by atoms with Crippen LogP contribution in [0.3, 0.4) is 0 Å². The predicted molar refractivity (Wildman–Crippen MR) is 102 cm³/mol. The first-order valence-electron chi connectivity index (χ1n) is 8.19. The standard InChI is InChI=1S/C18H20Cl2N4O/c19-15-2-1-13(11-16(15)20)4-6-23-7-9-24(10-8-23)17-3-5-22-12-14(17)18(21)25/h1-3,5,11-12H,4,6-10H2,(H2,21,25). The Morgan fingerprint density at radius 1 is 1.12 bits per heavy atom. The number of carbonyl (C=O) groups excluding carboxylic acids is 1. The van der Waals surface area contributed by atoms with E-state index in [1.165, 1.54) is 11.8 Å². The molecule has 0 radical (unpaired) electrons. The van der Waals surface area contributed by atoms with Crippen LogP contribution in [0, 0.1) is 0 Å². The SMILES string of the molecule is NC(=O)c1cnccc1N1CCN(CCc2ccc(Cl)c(Cl)c2)CC1. The summed E-state index contributed by atoms with van der Waals surface area (Å²) in [4.78, 5) is 20.2. The molecule has 25 heavy (non-hydrogen) atoms. The Bertz CT molecular complexity index is 760. The number of benzene rings is 1. The number of pyridine rings is 1. The van der Waals surface area contributed by atoms with Crippen LogP contribution in [0.5, 0.6) is 0 Å². The Morgan fingerprint density at radius 2 is 1.88 bits per heavy atom. The molecule has 132 valence electrons. The van der Waals surface area contributed by atoms with Crippen LogP contribution >= 0.6 is 23.2 Å². The summed E-state index contributed by atoms with van der Waals surface area (Å²) >= 11 is 12.0. The van der Waals surface area contributed by atoms with Gasteiger partial charge in [0.25, 0.3) is 5.91 Å². The Morgan fingerprint density at radius 3 is 2.56 bits per heavy atom. The van der Waals surface area contributed by atoms with Gasteiger partial charge in [-0.2, -0.15) is 0 Å². The molecule has 7 heteroatoms. The molecule has 1 aromatic carbocycles. The number of halogens is 2. The highest BCUT2D eigenvalue weighted by Gasteiger charge is 2.20. The molecule has 1 aliphatic heterocycles. The zero-order valence-corrected chi connectivity index (χ0v) is 15.3. The van der Waals surface area contributed by atoms with Crippen molar-refractivity contribution in [2.75, 3.05) is 37.6 Å². The minimum absolute atomic E-state index is 0.440. The van der Waals surface area contributed by atoms with Gasteiger partial charge in [0.15, 0.2) is 0 Å². The van der Waals surface area contributed by atoms with Crippen LogP contribution < -0.4 is 10.6 Å². The van der Waals surface area contributed by atoms with E-state index in [0.717, 1.165) is 44.8 Å². The van der Waals surface area contributed by atoms with E-state index in [1.807, 2.05) is 24.3 Å². The maximum atomic E-state index is 11.6. The maximum absolute atomic E-state index is 11.6. The molecule has 1 aromatic heterocycles. The summed E-state index contributed by atoms with van der Waals surface area (Å²) < 4.78 is 0. The van der Waals surface area contributed by atoms with Crippen molar-refractivity contribution < 1.29 is 4.79 Å². The first-order chi connectivity index (χ1) is 12.0. The summed E-state index contributed by atoms with van der Waals surface area (Å²) in [6.07, 6.45) is 4.16. The zero-order valence-electron chi connectivity index (χ0n) is 13.8. The molecule has 3 rings (SSSR count). The van der Waals surface area contributed by atoms with Crippen molar-refractivity contribution >= 4 is 34.8 Å². The molecule has 1 aliphatic rings. The van der Waals surface area contributed by atoms with Crippen molar-refractivity contribution in [1.82, 2.24) is 9.88 Å². The molecular formula is C18H20Cl2N4O. The van der Waals surface area contributed by atoms with E-state index in [0.29, 0.717) is 15.6 Å². The fraction of sp³-hybridized carbons (Fsp3) is 0.333. The van der Waals surface area contributed by atoms with E-state index >= 15 is 0 Å². The predicted octanol–water partition coefficient (Wildman–Crippen LogP) is 2.85. The van der Waals surface area contributed by atoms with Gasteiger partial charge in [0.2, 0.25) is 0 Å². The van der Waals surface area contributed by atoms with Gasteiger partial charge >= 0.3 is 0 Å². The molecule has 0 spiro atoms. The second-order valence-electron chi connectivity index (χ2n) is 6.08. The van der Waals surface area contributed by atoms with Gasteiger partial charge in [-0.15, -0.1) is 0 Å². The largest absolute Gasteiger partial charge is 0.368 e. The lowest BCUT2D eigenvalue weighted by atomic mass is 10.1. The van der Waals surface area contributed by atoms with Crippen LogP contribution in [0.2, 0.25) is 10.0 Å². The van der Waals surface area contributed by atoms with Gasteiger partial charge in [0.05, 0.1) is 21.3 Å². The van der Waals surface area contributed by atoms with E-state index < -0.39 is 5.91 Å². The molecule has 1 amide bonds. The molecule has 1 fully saturated rings. The molecule has 2 aromatic rings. The van der Waals surface area contributed by atoms with Crippen molar-refractivity contribution in [3.63, 3.8) is 0 Å². The third-order valence-corrected chi connectivity index (χ3v) is 5.22. The molecular weight excluding hydrogens is 359 g/mol. The Hall–Kier alpha value is -1.82. The van der Waals surface area contributed by atoms with Crippen LogP contribution in [0.25, 0.3) is 0 Å². The second-order valence-corrected chi connectivity index (χ2v) is 6.90. The lowest BCUT2D eigenvalue weighted by molar-refractivity contribution is 0.1000. The molecule has 2 N–H and O–H groups in total. The molecule has 0 atom stereocenters. The van der Waals surface area contributed by atoms with Crippen molar-refractivity contribution in [2.24, 2.45) is 5.73 Å². The number of anilines is 1. The highest BCUT2D eigenvalue weighted by atomic mass is 35.5. The smallest absolute Gasteiger partial charge is 0.252 e. The van der Waals surface area contributed by atoms with Crippen molar-refractivity contribution in [2.45, 2.75) is 6.42 Å². The Labute approximate surface area is 157 Å². The molecule has 2 heterocycles. The monoisotopic (exact) mass is 378 g/mol. The molecule has 0 unspecified atom stereocenters. The van der Waals surface area contributed by atoms with Gasteiger partial charge in [-0.25, -0.2) is 0 Å². The van der Waals surface area contributed by atoms with Gasteiger partial charge in [-0.3, -0.25) is 14.7 Å². The summed E-state index contributed by atoms with van der Waals surface area (Å²) in [5.41, 5.74) is 7.98. The Kier molecular flexibility index (Phi) is 5.78. The van der Waals surface area contributed by atoms with Crippen molar-refractivity contribution in [3.05, 3.63) is 57.8 Å². The lowest BCUT2D eigenvalue weighted by Crippen LogP contribution is -2.47. The minimum atomic E-state index is -0.440. The van der Waals surface area contributed by atoms with E-state index in [4.69, 9.17) is 28.9 Å². The molecule has 0 bridgehead atoms. The summed E-state index contributed by atoms with van der Waals surface area (Å²) in [6.45, 7) is 4.53. The number of piperazine rings is 1. The number of amides is 1. The van der Waals surface area contributed by atoms with Crippen LogP contribution in [0.15, 0.2) is 36.7 Å². The van der Waals surface area contributed by atoms with Crippen molar-refractivity contribution in [1.29, 1.82) is 0 Å². The average Bonchev–Trinajstić information content (AvgIpc) is 2.63. The van der Waals surface area contributed by atoms with E-state index in [1.54, 1.807) is 6.20 Å². The maximum Gasteiger partial charge on any atom is 0.252 e. The lowest BCUT2D eigenvalue weighted by Gasteiger charge is -2.36. The summed E-state index contributed by atoms with van der Waals surface area (Å²) in [7, 11) is 0. The summed E-state index contributed by atoms with van der Waals surface area (Å²) in [6, 6.07) is 7.63. The average molecular weight is 379 g/mol. The number of nitrogens with zero attached hydrogens (tertiary/aromatic N) is 3. The minimum Gasteiger partial charge on any atom is -0.368 e. The number of rotatable bonds is 5. The van der Waals surface area contributed by atoms with Gasteiger partial charge in [-0.1, -0.05) is 29.3 Å².